The van der Waals surface area contributed by atoms with Crippen LogP contribution in [0.2, 0.25) is 0 Å². The molecule has 1 aromatic rings. The molecule has 1 aromatic carbocycles. The number of hydrogen-bond donors (Lipinski definition) is 1. The van der Waals surface area contributed by atoms with E-state index in [2.05, 4.69) is 10.1 Å². The molecule has 0 radical (unpaired) electrons. The SMILES string of the molecule is CC(C)CNC(=O)c1ccc(OC(F)(F)F)cc1. The molecule has 3 nitrogen and oxygen atoms in total. The van der Waals surface area contributed by atoms with Crippen LogP contribution in [0.15, 0.2) is 24.3 Å². The number of carbonyl (C=O) groups excluding carboxylic acids is 1. The minimum Gasteiger partial charge on any atom is -0.406 e. The summed E-state index contributed by atoms with van der Waals surface area (Å²) in [6.45, 7) is 4.40. The lowest BCUT2D eigenvalue weighted by Gasteiger charge is -2.10. The zero-order valence-electron chi connectivity index (χ0n) is 10.0. The van der Waals surface area contributed by atoms with Crippen molar-refractivity contribution in [3.05, 3.63) is 29.8 Å². The Labute approximate surface area is 103 Å². The van der Waals surface area contributed by atoms with Gasteiger partial charge in [0.05, 0.1) is 0 Å². The number of hydrogen-bond acceptors (Lipinski definition) is 2. The average Bonchev–Trinajstić information content (AvgIpc) is 2.24. The number of benzene rings is 1. The molecule has 6 heteroatoms. The van der Waals surface area contributed by atoms with Crippen LogP contribution in [0, 0.1) is 5.92 Å². The first-order valence-corrected chi connectivity index (χ1v) is 5.42. The first-order valence-electron chi connectivity index (χ1n) is 5.42. The van der Waals surface area contributed by atoms with Gasteiger partial charge in [0.2, 0.25) is 0 Å². The Morgan fingerprint density at radius 3 is 2.28 bits per heavy atom. The number of amides is 1. The van der Waals surface area contributed by atoms with Crippen LogP contribution in [0.25, 0.3) is 0 Å². The maximum atomic E-state index is 11.9. The van der Waals surface area contributed by atoms with Crippen LogP contribution in [0.1, 0.15) is 24.2 Å². The predicted molar refractivity (Wildman–Crippen MR) is 60.3 cm³/mol. The van der Waals surface area contributed by atoms with E-state index in [0.717, 1.165) is 12.1 Å². The number of carbonyl (C=O) groups is 1. The molecule has 0 heterocycles. The lowest BCUT2D eigenvalue weighted by Crippen LogP contribution is -2.27. The molecule has 1 amide bonds. The predicted octanol–water partition coefficient (Wildman–Crippen LogP) is 2.97. The lowest BCUT2D eigenvalue weighted by atomic mass is 10.2. The number of ether oxygens (including phenoxy) is 1. The molecule has 0 spiro atoms. The van der Waals surface area contributed by atoms with Gasteiger partial charge in [-0.2, -0.15) is 0 Å². The lowest BCUT2D eigenvalue weighted by molar-refractivity contribution is -0.274. The molecule has 0 aliphatic heterocycles. The Morgan fingerprint density at radius 1 is 1.28 bits per heavy atom. The van der Waals surface area contributed by atoms with E-state index in [9.17, 15) is 18.0 Å². The van der Waals surface area contributed by atoms with Gasteiger partial charge in [-0.25, -0.2) is 0 Å². The van der Waals surface area contributed by atoms with Gasteiger partial charge in [-0.15, -0.1) is 13.2 Å². The summed E-state index contributed by atoms with van der Waals surface area (Å²) in [5.74, 6) is -0.355. The standard InChI is InChI=1S/C12H14F3NO2/c1-8(2)7-16-11(17)9-3-5-10(6-4-9)18-12(13,14)15/h3-6,8H,7H2,1-2H3,(H,16,17). The normalized spacial score (nSPS) is 11.4. The zero-order valence-corrected chi connectivity index (χ0v) is 10.0. The highest BCUT2D eigenvalue weighted by Crippen LogP contribution is 2.22. The summed E-state index contributed by atoms with van der Waals surface area (Å²) in [6, 6.07) is 4.79. The molecule has 0 aliphatic carbocycles. The molecule has 1 rings (SSSR count). The molecule has 1 N–H and O–H groups in total. The van der Waals surface area contributed by atoms with Gasteiger partial charge in [0.15, 0.2) is 0 Å². The highest BCUT2D eigenvalue weighted by Gasteiger charge is 2.31. The largest absolute Gasteiger partial charge is 0.573 e. The Bertz CT molecular complexity index is 399. The van der Waals surface area contributed by atoms with Gasteiger partial charge in [0, 0.05) is 12.1 Å². The molecule has 0 bridgehead atoms. The molecule has 18 heavy (non-hydrogen) atoms. The first kappa shape index (κ1) is 14.3. The fourth-order valence-electron chi connectivity index (χ4n) is 1.21. The van der Waals surface area contributed by atoms with E-state index in [1.165, 1.54) is 12.1 Å². The number of rotatable bonds is 4. The third kappa shape index (κ3) is 5.07. The monoisotopic (exact) mass is 261 g/mol. The van der Waals surface area contributed by atoms with E-state index < -0.39 is 6.36 Å². The van der Waals surface area contributed by atoms with Crippen LogP contribution in [0.3, 0.4) is 0 Å². The smallest absolute Gasteiger partial charge is 0.406 e. The van der Waals surface area contributed by atoms with Crippen molar-refractivity contribution in [1.82, 2.24) is 5.32 Å². The van der Waals surface area contributed by atoms with Crippen LogP contribution in [0.5, 0.6) is 5.75 Å². The Morgan fingerprint density at radius 2 is 1.83 bits per heavy atom. The van der Waals surface area contributed by atoms with Gasteiger partial charge in [-0.3, -0.25) is 4.79 Å². The fourth-order valence-corrected chi connectivity index (χ4v) is 1.21. The van der Waals surface area contributed by atoms with Crippen molar-refractivity contribution in [1.29, 1.82) is 0 Å². The fraction of sp³-hybridized carbons (Fsp3) is 0.417. The average molecular weight is 261 g/mol. The van der Waals surface area contributed by atoms with Crippen LogP contribution >= 0.6 is 0 Å². The van der Waals surface area contributed by atoms with E-state index in [1.54, 1.807) is 0 Å². The van der Waals surface area contributed by atoms with Crippen molar-refractivity contribution in [3.8, 4) is 5.75 Å². The van der Waals surface area contributed by atoms with E-state index in [-0.39, 0.29) is 11.7 Å². The van der Waals surface area contributed by atoms with Crippen LogP contribution < -0.4 is 10.1 Å². The van der Waals surface area contributed by atoms with Gasteiger partial charge in [0.1, 0.15) is 5.75 Å². The summed E-state index contributed by atoms with van der Waals surface area (Å²) in [4.78, 5) is 11.6. The summed E-state index contributed by atoms with van der Waals surface area (Å²) >= 11 is 0. The van der Waals surface area contributed by atoms with Crippen LogP contribution in [-0.2, 0) is 0 Å². The Hall–Kier alpha value is -1.72. The maximum absolute atomic E-state index is 11.9. The highest BCUT2D eigenvalue weighted by atomic mass is 19.4. The molecule has 100 valence electrons. The second-order valence-electron chi connectivity index (χ2n) is 4.18. The van der Waals surface area contributed by atoms with Gasteiger partial charge >= 0.3 is 6.36 Å². The van der Waals surface area contributed by atoms with Crippen molar-refractivity contribution in [3.63, 3.8) is 0 Å². The van der Waals surface area contributed by atoms with Gasteiger partial charge in [0.25, 0.3) is 5.91 Å². The summed E-state index contributed by atoms with van der Waals surface area (Å²) in [5.41, 5.74) is 0.296. The topological polar surface area (TPSA) is 38.3 Å². The highest BCUT2D eigenvalue weighted by molar-refractivity contribution is 5.94. The third-order valence-corrected chi connectivity index (χ3v) is 2.02. The van der Waals surface area contributed by atoms with E-state index >= 15 is 0 Å². The molecule has 0 aliphatic rings. The van der Waals surface area contributed by atoms with Crippen molar-refractivity contribution in [2.45, 2.75) is 20.2 Å². The molecule has 0 atom stereocenters. The van der Waals surface area contributed by atoms with Crippen molar-refractivity contribution >= 4 is 5.91 Å². The summed E-state index contributed by atoms with van der Waals surface area (Å²) < 4.78 is 39.4. The Kier molecular flexibility index (Phi) is 4.58. The molecule has 0 unspecified atom stereocenters. The third-order valence-electron chi connectivity index (χ3n) is 2.02. The van der Waals surface area contributed by atoms with E-state index in [1.807, 2.05) is 13.8 Å². The van der Waals surface area contributed by atoms with Gasteiger partial charge in [-0.05, 0) is 30.2 Å². The molecule has 0 saturated heterocycles. The molecular weight excluding hydrogens is 247 g/mol. The van der Waals surface area contributed by atoms with E-state index in [4.69, 9.17) is 0 Å². The zero-order chi connectivity index (χ0) is 13.8. The van der Waals surface area contributed by atoms with Gasteiger partial charge < -0.3 is 10.1 Å². The molecule has 0 fully saturated rings. The Balaban J connectivity index is 2.62. The van der Waals surface area contributed by atoms with Crippen molar-refractivity contribution < 1.29 is 22.7 Å². The summed E-state index contributed by atoms with van der Waals surface area (Å²) in [7, 11) is 0. The van der Waals surface area contributed by atoms with Crippen LogP contribution in [-0.4, -0.2) is 18.8 Å². The summed E-state index contributed by atoms with van der Waals surface area (Å²) in [6.07, 6.45) is -4.72. The minimum absolute atomic E-state index is 0.296. The first-order chi connectivity index (χ1) is 8.28. The van der Waals surface area contributed by atoms with E-state index in [0.29, 0.717) is 18.0 Å². The molecular formula is C12H14F3NO2. The van der Waals surface area contributed by atoms with Gasteiger partial charge in [-0.1, -0.05) is 13.8 Å². The quantitative estimate of drug-likeness (QED) is 0.904. The van der Waals surface area contributed by atoms with Crippen molar-refractivity contribution in [2.24, 2.45) is 5.92 Å². The molecule has 0 aromatic heterocycles. The minimum atomic E-state index is -4.72. The van der Waals surface area contributed by atoms with Crippen molar-refractivity contribution in [2.75, 3.05) is 6.54 Å². The number of halogens is 3. The maximum Gasteiger partial charge on any atom is 0.573 e. The second kappa shape index (κ2) is 5.75. The number of alkyl halides is 3. The number of nitrogens with one attached hydrogen (secondary N) is 1. The molecule has 0 saturated carbocycles. The van der Waals surface area contributed by atoms with Crippen LogP contribution in [0.4, 0.5) is 13.2 Å². The summed E-state index contributed by atoms with van der Waals surface area (Å²) in [5, 5.41) is 2.66. The second-order valence-corrected chi connectivity index (χ2v) is 4.18.